The van der Waals surface area contributed by atoms with Crippen LogP contribution in [0.4, 0.5) is 0 Å². The fraction of sp³-hybridized carbons (Fsp3) is 0.944. The van der Waals surface area contributed by atoms with Gasteiger partial charge in [0.25, 0.3) is 0 Å². The molecule has 7 nitrogen and oxygen atoms in total. The molecule has 0 aromatic rings. The number of hydrogen-bond acceptors (Lipinski definition) is 7. The summed E-state index contributed by atoms with van der Waals surface area (Å²) in [5.41, 5.74) is 0.873. The number of nitrogens with zero attached hydrogens (tertiary/aromatic N) is 1. The fourth-order valence-electron chi connectivity index (χ4n) is 12.8. The Bertz CT molecular complexity index is 1170. The summed E-state index contributed by atoms with van der Waals surface area (Å²) < 4.78 is 17.9. The minimum Gasteiger partial charge on any atom is -0.466 e. The number of fused-ring (bicyclic) bond motifs is 1. The number of esters is 3. The van der Waals surface area contributed by atoms with Crippen LogP contribution in [-0.2, 0) is 28.6 Å². The molecule has 0 aliphatic heterocycles. The predicted molar refractivity (Wildman–Crippen MR) is 253 cm³/mol. The molecule has 0 aromatic heterocycles. The minimum atomic E-state index is -0.0447. The smallest absolute Gasteiger partial charge is 0.306 e. The first-order valence-corrected chi connectivity index (χ1v) is 26.8. The SMILES string of the molecule is CCCCCC(CCCCC)CC(=O)OCCCC12CCC3(CCCOC(=O)CCCN(CC)CC)CC(C1)CC(CCCOC(=O)CC(CCCCC)CCCCC)(C3)C2. The second-order valence-electron chi connectivity index (χ2n) is 21.1. The van der Waals surface area contributed by atoms with Crippen LogP contribution in [0.15, 0.2) is 0 Å². The summed E-state index contributed by atoms with van der Waals surface area (Å²) >= 11 is 0. The minimum absolute atomic E-state index is 0.0130. The van der Waals surface area contributed by atoms with E-state index >= 15 is 0 Å². The van der Waals surface area contributed by atoms with E-state index in [-0.39, 0.29) is 23.3 Å². The lowest BCUT2D eigenvalue weighted by Crippen LogP contribution is -2.45. The van der Waals surface area contributed by atoms with E-state index in [1.165, 1.54) is 122 Å². The van der Waals surface area contributed by atoms with Crippen molar-refractivity contribution in [1.29, 1.82) is 0 Å². The number of ether oxygens (including phenoxy) is 3. The summed E-state index contributed by atoms with van der Waals surface area (Å²) in [6.07, 6.45) is 37.1. The van der Waals surface area contributed by atoms with Crippen LogP contribution in [0, 0.1) is 34.0 Å². The standard InChI is InChI=1S/C54H99NO6/c1-7-13-17-25-46(26-18-14-8-2)39-50(57)60-37-23-31-53-34-33-52(30-22-36-59-49(56)29-21-35-55(11-5)12-6)41-48(42-53)43-54(44-52,45-53)32-24-38-61-51(58)40-47(27-19-15-9-3)28-20-16-10-4/h46-48H,7-45H2,1-6H3. The van der Waals surface area contributed by atoms with Crippen LogP contribution in [0.2, 0.25) is 0 Å². The molecule has 0 aromatic carbocycles. The van der Waals surface area contributed by atoms with Crippen molar-refractivity contribution in [2.24, 2.45) is 34.0 Å². The maximum Gasteiger partial charge on any atom is 0.306 e. The van der Waals surface area contributed by atoms with Gasteiger partial charge in [0.2, 0.25) is 0 Å². The third-order valence-electron chi connectivity index (χ3n) is 15.7. The molecule has 4 fully saturated rings. The molecule has 356 valence electrons. The second kappa shape index (κ2) is 30.5. The summed E-state index contributed by atoms with van der Waals surface area (Å²) in [5.74, 6) is 1.63. The van der Waals surface area contributed by atoms with Crippen molar-refractivity contribution < 1.29 is 28.6 Å². The molecular weight excluding hydrogens is 759 g/mol. The first kappa shape index (κ1) is 53.7. The highest BCUT2D eigenvalue weighted by molar-refractivity contribution is 5.70. The summed E-state index contributed by atoms with van der Waals surface area (Å²) in [6, 6.07) is 0. The van der Waals surface area contributed by atoms with Gasteiger partial charge in [-0.1, -0.05) is 119 Å². The monoisotopic (exact) mass is 858 g/mol. The summed E-state index contributed by atoms with van der Waals surface area (Å²) in [7, 11) is 0. The molecule has 4 aliphatic carbocycles. The van der Waals surface area contributed by atoms with E-state index in [4.69, 9.17) is 14.2 Å². The van der Waals surface area contributed by atoms with Gasteiger partial charge >= 0.3 is 17.9 Å². The molecule has 4 rings (SSSR count). The number of unbranched alkanes of at least 4 members (excludes halogenated alkanes) is 8. The maximum absolute atomic E-state index is 13.2. The van der Waals surface area contributed by atoms with Gasteiger partial charge in [0.15, 0.2) is 0 Å². The van der Waals surface area contributed by atoms with E-state index in [1.54, 1.807) is 0 Å². The zero-order chi connectivity index (χ0) is 44.2. The van der Waals surface area contributed by atoms with E-state index in [2.05, 4.69) is 46.4 Å². The average molecular weight is 858 g/mol. The van der Waals surface area contributed by atoms with Gasteiger partial charge in [-0.15, -0.1) is 0 Å². The lowest BCUT2D eigenvalue weighted by Gasteiger charge is -2.56. The van der Waals surface area contributed by atoms with Gasteiger partial charge in [0, 0.05) is 19.3 Å². The molecule has 4 bridgehead atoms. The Morgan fingerprint density at radius 3 is 1.26 bits per heavy atom. The van der Waals surface area contributed by atoms with Crippen molar-refractivity contribution in [1.82, 2.24) is 4.90 Å². The Morgan fingerprint density at radius 1 is 0.492 bits per heavy atom. The molecule has 4 atom stereocenters. The van der Waals surface area contributed by atoms with E-state index in [1.807, 2.05) is 0 Å². The summed E-state index contributed by atoms with van der Waals surface area (Å²) in [4.78, 5) is 41.4. The van der Waals surface area contributed by atoms with Crippen molar-refractivity contribution in [2.75, 3.05) is 39.5 Å². The molecule has 4 saturated carbocycles. The lowest BCUT2D eigenvalue weighted by molar-refractivity contribution is -0.146. The van der Waals surface area contributed by atoms with Gasteiger partial charge in [0.05, 0.1) is 19.8 Å². The van der Waals surface area contributed by atoms with Crippen molar-refractivity contribution in [3.05, 3.63) is 0 Å². The van der Waals surface area contributed by atoms with Gasteiger partial charge in [0.1, 0.15) is 0 Å². The molecule has 7 heteroatoms. The number of hydrogen-bond donors (Lipinski definition) is 0. The molecule has 0 radical (unpaired) electrons. The van der Waals surface area contributed by atoms with Crippen LogP contribution in [0.1, 0.15) is 253 Å². The molecule has 0 saturated heterocycles. The highest BCUT2D eigenvalue weighted by atomic mass is 16.5. The molecule has 61 heavy (non-hydrogen) atoms. The Labute approximate surface area is 377 Å². The molecule has 0 spiro atoms. The molecule has 4 unspecified atom stereocenters. The molecule has 0 amide bonds. The maximum atomic E-state index is 13.2. The summed E-state index contributed by atoms with van der Waals surface area (Å²) in [6.45, 7) is 18.0. The molecule has 0 N–H and O–H groups in total. The van der Waals surface area contributed by atoms with Crippen molar-refractivity contribution in [3.8, 4) is 0 Å². The van der Waals surface area contributed by atoms with E-state index < -0.39 is 0 Å². The number of rotatable bonds is 38. The number of carbonyl (C=O) groups is 3. The highest BCUT2D eigenvalue weighted by Gasteiger charge is 2.58. The first-order valence-electron chi connectivity index (χ1n) is 26.8. The van der Waals surface area contributed by atoms with E-state index in [0.29, 0.717) is 61.7 Å². The molecular formula is C54H99NO6. The van der Waals surface area contributed by atoms with Crippen LogP contribution >= 0.6 is 0 Å². The van der Waals surface area contributed by atoms with Crippen LogP contribution < -0.4 is 0 Å². The first-order chi connectivity index (χ1) is 29.6. The molecule has 0 heterocycles. The Kier molecular flexibility index (Phi) is 26.9. The van der Waals surface area contributed by atoms with Crippen LogP contribution in [0.25, 0.3) is 0 Å². The Hall–Kier alpha value is -1.63. The molecule has 4 aliphatic rings. The van der Waals surface area contributed by atoms with Crippen molar-refractivity contribution in [3.63, 3.8) is 0 Å². The highest BCUT2D eigenvalue weighted by Crippen LogP contribution is 2.69. The average Bonchev–Trinajstić information content (AvgIpc) is 3.40. The normalized spacial score (nSPS) is 23.3. The van der Waals surface area contributed by atoms with E-state index in [9.17, 15) is 14.4 Å². The topological polar surface area (TPSA) is 82.1 Å². The third-order valence-corrected chi connectivity index (χ3v) is 15.7. The van der Waals surface area contributed by atoms with Gasteiger partial charge in [-0.3, -0.25) is 14.4 Å². The lowest BCUT2D eigenvalue weighted by atomic mass is 9.49. The van der Waals surface area contributed by atoms with Gasteiger partial charge in [-0.05, 0) is 169 Å². The quantitative estimate of drug-likeness (QED) is 0.0347. The fourth-order valence-corrected chi connectivity index (χ4v) is 12.8. The predicted octanol–water partition coefficient (Wildman–Crippen LogP) is 14.8. The van der Waals surface area contributed by atoms with Crippen LogP contribution in [-0.4, -0.2) is 62.3 Å². The van der Waals surface area contributed by atoms with Gasteiger partial charge < -0.3 is 19.1 Å². The van der Waals surface area contributed by atoms with Crippen molar-refractivity contribution >= 4 is 17.9 Å². The zero-order valence-electron chi connectivity index (χ0n) is 41.2. The van der Waals surface area contributed by atoms with Gasteiger partial charge in [-0.25, -0.2) is 0 Å². The largest absolute Gasteiger partial charge is 0.466 e. The number of carbonyl (C=O) groups excluding carboxylic acids is 3. The van der Waals surface area contributed by atoms with E-state index in [0.717, 1.165) is 96.2 Å². The van der Waals surface area contributed by atoms with Crippen LogP contribution in [0.3, 0.4) is 0 Å². The second-order valence-corrected chi connectivity index (χ2v) is 21.1. The van der Waals surface area contributed by atoms with Crippen molar-refractivity contribution in [2.45, 2.75) is 253 Å². The van der Waals surface area contributed by atoms with Crippen LogP contribution in [0.5, 0.6) is 0 Å². The Morgan fingerprint density at radius 2 is 0.869 bits per heavy atom. The zero-order valence-corrected chi connectivity index (χ0v) is 41.2. The van der Waals surface area contributed by atoms with Gasteiger partial charge in [-0.2, -0.15) is 0 Å². The third kappa shape index (κ3) is 20.8. The summed E-state index contributed by atoms with van der Waals surface area (Å²) in [5, 5.41) is 0. The Balaban J connectivity index is 1.60.